The fourth-order valence-corrected chi connectivity index (χ4v) is 1.94. The Hall–Kier alpha value is -1.91. The number of nitrogens with zero attached hydrogens (tertiary/aromatic N) is 2. The third-order valence-electron chi connectivity index (χ3n) is 3.06. The third kappa shape index (κ3) is 2.20. The quantitative estimate of drug-likeness (QED) is 0.902. The summed E-state index contributed by atoms with van der Waals surface area (Å²) in [5.41, 5.74) is 0.432. The lowest BCUT2D eigenvalue weighted by molar-refractivity contribution is 0.573. The lowest BCUT2D eigenvalue weighted by Gasteiger charge is -2.09. The average Bonchev–Trinajstić information content (AvgIpc) is 3.08. The van der Waals surface area contributed by atoms with E-state index in [0.717, 1.165) is 24.9 Å². The predicted molar refractivity (Wildman–Crippen MR) is 64.2 cm³/mol. The lowest BCUT2D eigenvalue weighted by Crippen LogP contribution is -2.07. The largest absolute Gasteiger partial charge is 0.351 e. The molecular formula is C13H13F2N3. The minimum atomic E-state index is -0.560. The molecule has 0 bridgehead atoms. The number of hydrogen-bond acceptors (Lipinski definition) is 2. The average molecular weight is 249 g/mol. The molecule has 18 heavy (non-hydrogen) atoms. The summed E-state index contributed by atoms with van der Waals surface area (Å²) in [4.78, 5) is 4.20. The summed E-state index contributed by atoms with van der Waals surface area (Å²) in [5.74, 6) is -0.357. The van der Waals surface area contributed by atoms with Gasteiger partial charge in [-0.25, -0.2) is 13.8 Å². The summed E-state index contributed by atoms with van der Waals surface area (Å²) in [6.07, 6.45) is 5.97. The van der Waals surface area contributed by atoms with Crippen molar-refractivity contribution in [2.45, 2.75) is 25.4 Å². The first kappa shape index (κ1) is 11.2. The number of imidazole rings is 1. The maximum Gasteiger partial charge on any atom is 0.203 e. The molecule has 1 aliphatic rings. The molecule has 5 heteroatoms. The van der Waals surface area contributed by atoms with Gasteiger partial charge in [-0.2, -0.15) is 0 Å². The summed E-state index contributed by atoms with van der Waals surface area (Å²) in [7, 11) is 0. The normalized spacial score (nSPS) is 14.8. The minimum absolute atomic E-state index is 0.301. The molecule has 0 unspecified atom stereocenters. The molecule has 94 valence electrons. The Morgan fingerprint density at radius 1 is 1.33 bits per heavy atom. The Labute approximate surface area is 103 Å². The van der Waals surface area contributed by atoms with E-state index >= 15 is 0 Å². The Morgan fingerprint density at radius 3 is 2.89 bits per heavy atom. The van der Waals surface area contributed by atoms with Crippen LogP contribution in [0.2, 0.25) is 0 Å². The van der Waals surface area contributed by atoms with Crippen LogP contribution in [-0.2, 0) is 6.54 Å². The van der Waals surface area contributed by atoms with Crippen molar-refractivity contribution in [2.75, 3.05) is 5.32 Å². The van der Waals surface area contributed by atoms with E-state index in [9.17, 15) is 8.78 Å². The maximum absolute atomic E-state index is 13.4. The highest BCUT2D eigenvalue weighted by Crippen LogP contribution is 2.36. The van der Waals surface area contributed by atoms with Gasteiger partial charge in [0.25, 0.3) is 0 Å². The van der Waals surface area contributed by atoms with Crippen LogP contribution in [0.1, 0.15) is 24.4 Å². The molecule has 0 spiro atoms. The van der Waals surface area contributed by atoms with Crippen LogP contribution in [-0.4, -0.2) is 9.55 Å². The molecule has 1 fully saturated rings. The lowest BCUT2D eigenvalue weighted by atomic mass is 10.2. The molecule has 3 rings (SSSR count). The van der Waals surface area contributed by atoms with Crippen LogP contribution in [0.15, 0.2) is 30.6 Å². The number of nitrogens with one attached hydrogen (secondary N) is 1. The molecule has 1 saturated carbocycles. The van der Waals surface area contributed by atoms with Crippen molar-refractivity contribution in [2.24, 2.45) is 0 Å². The molecule has 3 nitrogen and oxygen atoms in total. The summed E-state index contributed by atoms with van der Waals surface area (Å²) in [6.45, 7) is 0.301. The van der Waals surface area contributed by atoms with Crippen molar-refractivity contribution in [3.05, 3.63) is 47.8 Å². The fourth-order valence-electron chi connectivity index (χ4n) is 1.94. The van der Waals surface area contributed by atoms with Crippen LogP contribution in [0.5, 0.6) is 0 Å². The van der Waals surface area contributed by atoms with Crippen molar-refractivity contribution in [1.82, 2.24) is 9.55 Å². The van der Waals surface area contributed by atoms with E-state index in [4.69, 9.17) is 0 Å². The summed E-state index contributed by atoms with van der Waals surface area (Å²) < 4.78 is 28.3. The van der Waals surface area contributed by atoms with E-state index < -0.39 is 11.6 Å². The highest BCUT2D eigenvalue weighted by Gasteiger charge is 2.25. The topological polar surface area (TPSA) is 29.9 Å². The number of hydrogen-bond donors (Lipinski definition) is 1. The second kappa shape index (κ2) is 4.40. The monoisotopic (exact) mass is 249 g/mol. The molecule has 1 aromatic heterocycles. The van der Waals surface area contributed by atoms with Gasteiger partial charge in [0, 0.05) is 36.6 Å². The predicted octanol–water partition coefficient (Wildman–Crippen LogP) is 3.11. The molecule has 1 N–H and O–H groups in total. The van der Waals surface area contributed by atoms with E-state index in [0.29, 0.717) is 18.2 Å². The van der Waals surface area contributed by atoms with Crippen molar-refractivity contribution >= 4 is 5.95 Å². The van der Waals surface area contributed by atoms with Gasteiger partial charge in [-0.3, -0.25) is 0 Å². The standard InChI is InChI=1S/C13H13F2N3/c14-10-2-1-9(12(15)7-10)8-17-13-16-5-6-18(13)11-3-4-11/h1-2,5-7,11H,3-4,8H2,(H,16,17). The van der Waals surface area contributed by atoms with E-state index in [2.05, 4.69) is 14.9 Å². The molecule has 0 atom stereocenters. The van der Waals surface area contributed by atoms with Crippen LogP contribution in [0.4, 0.5) is 14.7 Å². The van der Waals surface area contributed by atoms with Crippen molar-refractivity contribution < 1.29 is 8.78 Å². The molecule has 1 aromatic carbocycles. The van der Waals surface area contributed by atoms with Crippen molar-refractivity contribution in [3.63, 3.8) is 0 Å². The smallest absolute Gasteiger partial charge is 0.203 e. The van der Waals surface area contributed by atoms with Crippen molar-refractivity contribution in [3.8, 4) is 0 Å². The van der Waals surface area contributed by atoms with Gasteiger partial charge < -0.3 is 9.88 Å². The van der Waals surface area contributed by atoms with E-state index in [1.165, 1.54) is 12.1 Å². The molecule has 0 aliphatic heterocycles. The van der Waals surface area contributed by atoms with E-state index in [-0.39, 0.29) is 0 Å². The number of rotatable bonds is 4. The molecule has 2 aromatic rings. The molecule has 1 heterocycles. The van der Waals surface area contributed by atoms with Gasteiger partial charge in [0.1, 0.15) is 11.6 Å². The summed E-state index contributed by atoms with van der Waals surface area (Å²) >= 11 is 0. The zero-order valence-corrected chi connectivity index (χ0v) is 9.74. The fraction of sp³-hybridized carbons (Fsp3) is 0.308. The molecule has 0 saturated heterocycles. The van der Waals surface area contributed by atoms with Gasteiger partial charge in [0.2, 0.25) is 5.95 Å². The maximum atomic E-state index is 13.4. The van der Waals surface area contributed by atoms with Gasteiger partial charge in [0.15, 0.2) is 0 Å². The number of halogens is 2. The highest BCUT2D eigenvalue weighted by atomic mass is 19.1. The van der Waals surface area contributed by atoms with Crippen LogP contribution < -0.4 is 5.32 Å². The zero-order valence-electron chi connectivity index (χ0n) is 9.74. The minimum Gasteiger partial charge on any atom is -0.351 e. The Bertz CT molecular complexity index is 561. The SMILES string of the molecule is Fc1ccc(CNc2nccn2C2CC2)c(F)c1. The number of benzene rings is 1. The molecule has 1 aliphatic carbocycles. The van der Waals surface area contributed by atoms with Crippen LogP contribution in [0, 0.1) is 11.6 Å². The van der Waals surface area contributed by atoms with Gasteiger partial charge >= 0.3 is 0 Å². The molecule has 0 amide bonds. The first-order valence-corrected chi connectivity index (χ1v) is 5.94. The first-order valence-electron chi connectivity index (χ1n) is 5.94. The second-order valence-electron chi connectivity index (χ2n) is 4.48. The first-order chi connectivity index (χ1) is 8.74. The van der Waals surface area contributed by atoms with E-state index in [1.807, 2.05) is 6.20 Å². The van der Waals surface area contributed by atoms with Gasteiger partial charge in [-0.05, 0) is 18.9 Å². The third-order valence-corrected chi connectivity index (χ3v) is 3.06. The van der Waals surface area contributed by atoms with Crippen molar-refractivity contribution in [1.29, 1.82) is 0 Å². The number of anilines is 1. The van der Waals surface area contributed by atoms with Crippen LogP contribution in [0.3, 0.4) is 0 Å². The van der Waals surface area contributed by atoms with Crippen LogP contribution >= 0.6 is 0 Å². The second-order valence-corrected chi connectivity index (χ2v) is 4.48. The summed E-state index contributed by atoms with van der Waals surface area (Å²) in [5, 5.41) is 3.08. The van der Waals surface area contributed by atoms with Gasteiger partial charge in [-0.15, -0.1) is 0 Å². The highest BCUT2D eigenvalue weighted by molar-refractivity contribution is 5.31. The van der Waals surface area contributed by atoms with Crippen LogP contribution in [0.25, 0.3) is 0 Å². The van der Waals surface area contributed by atoms with E-state index in [1.54, 1.807) is 6.20 Å². The van der Waals surface area contributed by atoms with Gasteiger partial charge in [-0.1, -0.05) is 6.07 Å². The molecular weight excluding hydrogens is 236 g/mol. The number of aromatic nitrogens is 2. The Morgan fingerprint density at radius 2 is 2.17 bits per heavy atom. The zero-order chi connectivity index (χ0) is 12.5. The Kier molecular flexibility index (Phi) is 2.74. The molecule has 0 radical (unpaired) electrons. The Balaban J connectivity index is 1.71. The van der Waals surface area contributed by atoms with Gasteiger partial charge in [0.05, 0.1) is 0 Å². The summed E-state index contributed by atoms with van der Waals surface area (Å²) in [6, 6.07) is 4.12.